The Morgan fingerprint density at radius 2 is 1.80 bits per heavy atom. The third-order valence-corrected chi connectivity index (χ3v) is 4.35. The summed E-state index contributed by atoms with van der Waals surface area (Å²) in [5, 5.41) is 9.17. The van der Waals surface area contributed by atoms with Gasteiger partial charge in [0.1, 0.15) is 23.2 Å². The molecule has 6 heteroatoms. The second-order valence-electron chi connectivity index (χ2n) is 5.75. The Morgan fingerprint density at radius 3 is 2.40 bits per heavy atom. The Kier molecular flexibility index (Phi) is 4.85. The number of carbonyl (C=O) groups excluding carboxylic acids is 1. The number of amides is 1. The molecule has 0 aromatic heterocycles. The van der Waals surface area contributed by atoms with Crippen molar-refractivity contribution in [3.63, 3.8) is 0 Å². The summed E-state index contributed by atoms with van der Waals surface area (Å²) in [5.74, 6) is 0.148. The Labute approximate surface area is 145 Å². The summed E-state index contributed by atoms with van der Waals surface area (Å²) in [6.07, 6.45) is 0. The van der Waals surface area contributed by atoms with E-state index in [0.29, 0.717) is 43.2 Å². The average molecular weight is 339 g/mol. The standard InChI is InChI=1S/C19H18FN3O2/c1-25-15-7-5-14(6-8-15)19(24)23-11-9-22(10-12-23)18-4-2-3-17(20)16(18)13-21/h2-8H,9-12H2,1H3. The number of nitrogens with zero attached hydrogens (tertiary/aromatic N) is 3. The highest BCUT2D eigenvalue weighted by Gasteiger charge is 2.24. The van der Waals surface area contributed by atoms with Crippen molar-refractivity contribution in [2.45, 2.75) is 0 Å². The zero-order valence-corrected chi connectivity index (χ0v) is 13.9. The number of carbonyl (C=O) groups is 1. The Hall–Kier alpha value is -3.07. The third kappa shape index (κ3) is 3.41. The van der Waals surface area contributed by atoms with Gasteiger partial charge in [-0.25, -0.2) is 4.39 Å². The maximum atomic E-state index is 13.8. The van der Waals surface area contributed by atoms with Crippen molar-refractivity contribution in [2.24, 2.45) is 0 Å². The third-order valence-electron chi connectivity index (χ3n) is 4.35. The van der Waals surface area contributed by atoms with Crippen LogP contribution in [0, 0.1) is 17.1 Å². The molecule has 0 bridgehead atoms. The number of anilines is 1. The molecule has 0 aliphatic carbocycles. The van der Waals surface area contributed by atoms with Crippen LogP contribution in [0.2, 0.25) is 0 Å². The molecule has 1 fully saturated rings. The van der Waals surface area contributed by atoms with Crippen molar-refractivity contribution in [1.82, 2.24) is 4.90 Å². The highest BCUT2D eigenvalue weighted by Crippen LogP contribution is 2.24. The van der Waals surface area contributed by atoms with E-state index in [1.54, 1.807) is 48.4 Å². The van der Waals surface area contributed by atoms with E-state index in [4.69, 9.17) is 4.74 Å². The molecule has 1 saturated heterocycles. The summed E-state index contributed by atoms with van der Waals surface area (Å²) >= 11 is 0. The quantitative estimate of drug-likeness (QED) is 0.863. The second kappa shape index (κ2) is 7.22. The maximum Gasteiger partial charge on any atom is 0.253 e. The van der Waals surface area contributed by atoms with Crippen molar-refractivity contribution >= 4 is 11.6 Å². The average Bonchev–Trinajstić information content (AvgIpc) is 2.67. The maximum absolute atomic E-state index is 13.8. The molecule has 2 aromatic rings. The molecule has 0 saturated carbocycles. The number of piperazine rings is 1. The molecular formula is C19H18FN3O2. The van der Waals surface area contributed by atoms with Gasteiger partial charge in [0.25, 0.3) is 5.91 Å². The van der Waals surface area contributed by atoms with Crippen LogP contribution >= 0.6 is 0 Å². The molecular weight excluding hydrogens is 321 g/mol. The number of benzene rings is 2. The number of hydrogen-bond donors (Lipinski definition) is 0. The summed E-state index contributed by atoms with van der Waals surface area (Å²) in [6, 6.07) is 13.5. The highest BCUT2D eigenvalue weighted by molar-refractivity contribution is 5.94. The highest BCUT2D eigenvalue weighted by atomic mass is 19.1. The van der Waals surface area contributed by atoms with Crippen LogP contribution in [0.25, 0.3) is 0 Å². The predicted octanol–water partition coefficient (Wildman–Crippen LogP) is 2.67. The van der Waals surface area contributed by atoms with E-state index in [1.807, 2.05) is 11.0 Å². The Morgan fingerprint density at radius 1 is 1.12 bits per heavy atom. The number of halogens is 1. The van der Waals surface area contributed by atoms with E-state index in [0.717, 1.165) is 0 Å². The van der Waals surface area contributed by atoms with Gasteiger partial charge in [-0.3, -0.25) is 4.79 Å². The fourth-order valence-corrected chi connectivity index (χ4v) is 2.95. The number of ether oxygens (including phenoxy) is 1. The number of nitriles is 1. The van der Waals surface area contributed by atoms with Crippen LogP contribution in [0.5, 0.6) is 5.75 Å². The van der Waals surface area contributed by atoms with Gasteiger partial charge in [0.05, 0.1) is 12.8 Å². The zero-order valence-electron chi connectivity index (χ0n) is 13.9. The molecule has 128 valence electrons. The largest absolute Gasteiger partial charge is 0.497 e. The van der Waals surface area contributed by atoms with E-state index < -0.39 is 5.82 Å². The number of hydrogen-bond acceptors (Lipinski definition) is 4. The summed E-state index contributed by atoms with van der Waals surface area (Å²) in [4.78, 5) is 16.3. The van der Waals surface area contributed by atoms with Crippen LogP contribution in [-0.4, -0.2) is 44.1 Å². The lowest BCUT2D eigenvalue weighted by Crippen LogP contribution is -2.49. The molecule has 2 aromatic carbocycles. The van der Waals surface area contributed by atoms with Gasteiger partial charge in [-0.2, -0.15) is 5.26 Å². The van der Waals surface area contributed by atoms with E-state index in [1.165, 1.54) is 6.07 Å². The molecule has 1 aliphatic rings. The van der Waals surface area contributed by atoms with Crippen molar-refractivity contribution in [2.75, 3.05) is 38.2 Å². The molecule has 0 radical (unpaired) electrons. The van der Waals surface area contributed by atoms with E-state index in [2.05, 4.69) is 0 Å². The Balaban J connectivity index is 1.68. The van der Waals surface area contributed by atoms with E-state index in [-0.39, 0.29) is 11.5 Å². The van der Waals surface area contributed by atoms with Gasteiger partial charge < -0.3 is 14.5 Å². The minimum atomic E-state index is -0.517. The second-order valence-corrected chi connectivity index (χ2v) is 5.75. The first-order chi connectivity index (χ1) is 12.1. The lowest BCUT2D eigenvalue weighted by atomic mass is 10.1. The van der Waals surface area contributed by atoms with Crippen molar-refractivity contribution in [3.05, 3.63) is 59.4 Å². The SMILES string of the molecule is COc1ccc(C(=O)N2CCN(c3cccc(F)c3C#N)CC2)cc1. The number of methoxy groups -OCH3 is 1. The summed E-state index contributed by atoms with van der Waals surface area (Å²) in [6.45, 7) is 2.15. The van der Waals surface area contributed by atoms with Crippen LogP contribution in [0.1, 0.15) is 15.9 Å². The molecule has 0 N–H and O–H groups in total. The van der Waals surface area contributed by atoms with Gasteiger partial charge in [-0.05, 0) is 36.4 Å². The molecule has 0 unspecified atom stereocenters. The van der Waals surface area contributed by atoms with Gasteiger partial charge >= 0.3 is 0 Å². The lowest BCUT2D eigenvalue weighted by molar-refractivity contribution is 0.0746. The smallest absolute Gasteiger partial charge is 0.253 e. The summed E-state index contributed by atoms with van der Waals surface area (Å²) in [5.41, 5.74) is 1.24. The minimum Gasteiger partial charge on any atom is -0.497 e. The normalized spacial score (nSPS) is 14.1. The van der Waals surface area contributed by atoms with E-state index >= 15 is 0 Å². The van der Waals surface area contributed by atoms with Crippen LogP contribution in [-0.2, 0) is 0 Å². The molecule has 25 heavy (non-hydrogen) atoms. The predicted molar refractivity (Wildman–Crippen MR) is 92.2 cm³/mol. The van der Waals surface area contributed by atoms with Gasteiger partial charge in [-0.15, -0.1) is 0 Å². The fraction of sp³-hybridized carbons (Fsp3) is 0.263. The van der Waals surface area contributed by atoms with Gasteiger partial charge in [0.2, 0.25) is 0 Å². The Bertz CT molecular complexity index is 806. The van der Waals surface area contributed by atoms with Crippen LogP contribution in [0.3, 0.4) is 0 Å². The van der Waals surface area contributed by atoms with Crippen LogP contribution in [0.15, 0.2) is 42.5 Å². The van der Waals surface area contributed by atoms with Crippen LogP contribution < -0.4 is 9.64 Å². The van der Waals surface area contributed by atoms with Crippen molar-refractivity contribution < 1.29 is 13.9 Å². The summed E-state index contributed by atoms with van der Waals surface area (Å²) in [7, 11) is 1.58. The van der Waals surface area contributed by atoms with Gasteiger partial charge in [-0.1, -0.05) is 6.07 Å². The molecule has 1 heterocycles. The first-order valence-electron chi connectivity index (χ1n) is 8.01. The minimum absolute atomic E-state index is 0.0398. The zero-order chi connectivity index (χ0) is 17.8. The van der Waals surface area contributed by atoms with Gasteiger partial charge in [0.15, 0.2) is 0 Å². The molecule has 0 atom stereocenters. The number of rotatable bonds is 3. The molecule has 1 aliphatic heterocycles. The first-order valence-corrected chi connectivity index (χ1v) is 8.01. The van der Waals surface area contributed by atoms with Crippen molar-refractivity contribution in [3.8, 4) is 11.8 Å². The fourth-order valence-electron chi connectivity index (χ4n) is 2.95. The monoisotopic (exact) mass is 339 g/mol. The topological polar surface area (TPSA) is 56.6 Å². The van der Waals surface area contributed by atoms with E-state index in [9.17, 15) is 14.4 Å². The van der Waals surface area contributed by atoms with Crippen molar-refractivity contribution in [1.29, 1.82) is 5.26 Å². The van der Waals surface area contributed by atoms with Crippen LogP contribution in [0.4, 0.5) is 10.1 Å². The van der Waals surface area contributed by atoms with Gasteiger partial charge in [0, 0.05) is 31.7 Å². The molecule has 5 nitrogen and oxygen atoms in total. The molecule has 1 amide bonds. The lowest BCUT2D eigenvalue weighted by Gasteiger charge is -2.36. The molecule has 0 spiro atoms. The first kappa shape index (κ1) is 16.8. The molecule has 3 rings (SSSR count). The summed E-state index contributed by atoms with van der Waals surface area (Å²) < 4.78 is 18.9.